The molecule has 0 aromatic heterocycles. The summed E-state index contributed by atoms with van der Waals surface area (Å²) in [5.74, 6) is 0.121. The number of ether oxygens (including phenoxy) is 2. The average molecular weight is 314 g/mol. The van der Waals surface area contributed by atoms with Crippen molar-refractivity contribution in [2.24, 2.45) is 5.73 Å². The van der Waals surface area contributed by atoms with Gasteiger partial charge in [-0.05, 0) is 30.5 Å². The molecule has 22 heavy (non-hydrogen) atoms. The largest absolute Gasteiger partial charge is 0.488 e. The Labute approximate surface area is 127 Å². The molecule has 1 aromatic carbocycles. The van der Waals surface area contributed by atoms with E-state index in [-0.39, 0.29) is 12.5 Å². The van der Waals surface area contributed by atoms with Crippen LogP contribution in [0.1, 0.15) is 18.4 Å². The normalized spacial score (nSPS) is 17.3. The number of carbonyl (C=O) groups is 1. The summed E-state index contributed by atoms with van der Waals surface area (Å²) < 4.78 is 34.4. The van der Waals surface area contributed by atoms with E-state index in [0.29, 0.717) is 31.8 Å². The van der Waals surface area contributed by atoms with Gasteiger partial charge in [-0.25, -0.2) is 8.78 Å². The second-order valence-corrected chi connectivity index (χ2v) is 5.30. The van der Waals surface area contributed by atoms with E-state index < -0.39 is 18.6 Å². The standard InChI is InChI=1S/C15H20F2N2O3/c16-13(17)10-22-12-3-1-2-11(8-12)9-19-14(20)15(18)4-6-21-7-5-15/h1-3,8,13H,4-7,9-10,18H2,(H,19,20). The summed E-state index contributed by atoms with van der Waals surface area (Å²) in [6.07, 6.45) is -1.55. The molecule has 0 atom stereocenters. The second-order valence-electron chi connectivity index (χ2n) is 5.30. The average Bonchev–Trinajstić information content (AvgIpc) is 2.51. The molecular formula is C15H20F2N2O3. The van der Waals surface area contributed by atoms with E-state index in [0.717, 1.165) is 5.56 Å². The maximum atomic E-state index is 12.2. The summed E-state index contributed by atoms with van der Waals surface area (Å²) in [4.78, 5) is 12.2. The molecule has 122 valence electrons. The van der Waals surface area contributed by atoms with Crippen LogP contribution in [0.5, 0.6) is 5.75 Å². The number of hydrogen-bond acceptors (Lipinski definition) is 4. The Morgan fingerprint density at radius 2 is 2.14 bits per heavy atom. The lowest BCUT2D eigenvalue weighted by atomic mass is 9.90. The molecule has 7 heteroatoms. The number of nitrogens with one attached hydrogen (secondary N) is 1. The Bertz CT molecular complexity index is 505. The summed E-state index contributed by atoms with van der Waals surface area (Å²) in [5.41, 5.74) is 5.94. The third kappa shape index (κ3) is 4.64. The Kier molecular flexibility index (Phi) is 5.68. The van der Waals surface area contributed by atoms with Crippen LogP contribution in [0.4, 0.5) is 8.78 Å². The molecule has 1 saturated heterocycles. The van der Waals surface area contributed by atoms with Gasteiger partial charge in [0.1, 0.15) is 12.4 Å². The van der Waals surface area contributed by atoms with Crippen LogP contribution in [0.25, 0.3) is 0 Å². The Morgan fingerprint density at radius 1 is 1.41 bits per heavy atom. The van der Waals surface area contributed by atoms with Gasteiger partial charge >= 0.3 is 0 Å². The number of amides is 1. The van der Waals surface area contributed by atoms with Gasteiger partial charge in [-0.1, -0.05) is 12.1 Å². The number of carbonyl (C=O) groups excluding carboxylic acids is 1. The van der Waals surface area contributed by atoms with E-state index in [4.69, 9.17) is 15.2 Å². The van der Waals surface area contributed by atoms with Crippen LogP contribution < -0.4 is 15.8 Å². The summed E-state index contributed by atoms with van der Waals surface area (Å²) >= 11 is 0. The van der Waals surface area contributed by atoms with Crippen molar-refractivity contribution in [3.8, 4) is 5.75 Å². The molecule has 1 aliphatic heterocycles. The van der Waals surface area contributed by atoms with E-state index >= 15 is 0 Å². The van der Waals surface area contributed by atoms with Crippen molar-refractivity contribution in [3.05, 3.63) is 29.8 Å². The quantitative estimate of drug-likeness (QED) is 0.833. The summed E-state index contributed by atoms with van der Waals surface area (Å²) in [6, 6.07) is 6.68. The fourth-order valence-corrected chi connectivity index (χ4v) is 2.23. The van der Waals surface area contributed by atoms with Crippen LogP contribution in [0, 0.1) is 0 Å². The van der Waals surface area contributed by atoms with Crippen molar-refractivity contribution in [2.75, 3.05) is 19.8 Å². The lowest BCUT2D eigenvalue weighted by Gasteiger charge is -2.31. The maximum absolute atomic E-state index is 12.2. The van der Waals surface area contributed by atoms with Gasteiger partial charge in [0.2, 0.25) is 5.91 Å². The minimum absolute atomic E-state index is 0.227. The minimum atomic E-state index is -2.52. The molecule has 0 unspecified atom stereocenters. The van der Waals surface area contributed by atoms with Crippen molar-refractivity contribution in [3.63, 3.8) is 0 Å². The number of alkyl halides is 2. The van der Waals surface area contributed by atoms with Crippen LogP contribution >= 0.6 is 0 Å². The summed E-state index contributed by atoms with van der Waals surface area (Å²) in [6.45, 7) is 0.563. The predicted octanol–water partition coefficient (Wildman–Crippen LogP) is 1.45. The summed E-state index contributed by atoms with van der Waals surface area (Å²) in [5, 5.41) is 2.78. The van der Waals surface area contributed by atoms with Gasteiger partial charge in [-0.3, -0.25) is 4.79 Å². The molecule has 0 saturated carbocycles. The zero-order valence-corrected chi connectivity index (χ0v) is 12.2. The number of hydrogen-bond donors (Lipinski definition) is 2. The lowest BCUT2D eigenvalue weighted by Crippen LogP contribution is -2.56. The Morgan fingerprint density at radius 3 is 2.82 bits per heavy atom. The van der Waals surface area contributed by atoms with E-state index in [1.54, 1.807) is 24.3 Å². The number of rotatable bonds is 6. The topological polar surface area (TPSA) is 73.6 Å². The molecule has 1 amide bonds. The molecule has 0 aliphatic carbocycles. The monoisotopic (exact) mass is 314 g/mol. The van der Waals surface area contributed by atoms with Gasteiger partial charge in [-0.15, -0.1) is 0 Å². The van der Waals surface area contributed by atoms with E-state index in [1.807, 2.05) is 0 Å². The lowest BCUT2D eigenvalue weighted by molar-refractivity contribution is -0.129. The van der Waals surface area contributed by atoms with Crippen molar-refractivity contribution in [1.29, 1.82) is 0 Å². The van der Waals surface area contributed by atoms with Crippen molar-refractivity contribution >= 4 is 5.91 Å². The van der Waals surface area contributed by atoms with Crippen molar-refractivity contribution < 1.29 is 23.0 Å². The van der Waals surface area contributed by atoms with E-state index in [1.165, 1.54) is 0 Å². The van der Waals surface area contributed by atoms with Crippen LogP contribution in [-0.4, -0.2) is 37.7 Å². The zero-order valence-electron chi connectivity index (χ0n) is 12.2. The Balaban J connectivity index is 1.88. The molecule has 1 aromatic rings. The smallest absolute Gasteiger partial charge is 0.272 e. The third-order valence-corrected chi connectivity index (χ3v) is 3.56. The first-order valence-corrected chi connectivity index (χ1v) is 7.14. The first-order chi connectivity index (χ1) is 10.5. The van der Waals surface area contributed by atoms with E-state index in [9.17, 15) is 13.6 Å². The minimum Gasteiger partial charge on any atom is -0.488 e. The second kappa shape index (κ2) is 7.51. The molecule has 0 bridgehead atoms. The van der Waals surface area contributed by atoms with Crippen LogP contribution in [0.3, 0.4) is 0 Å². The highest BCUT2D eigenvalue weighted by Crippen LogP contribution is 2.18. The molecule has 5 nitrogen and oxygen atoms in total. The highest BCUT2D eigenvalue weighted by atomic mass is 19.3. The van der Waals surface area contributed by atoms with Gasteiger partial charge in [0.15, 0.2) is 0 Å². The summed E-state index contributed by atoms with van der Waals surface area (Å²) in [7, 11) is 0. The van der Waals surface area contributed by atoms with Gasteiger partial charge in [-0.2, -0.15) is 0 Å². The maximum Gasteiger partial charge on any atom is 0.272 e. The highest BCUT2D eigenvalue weighted by Gasteiger charge is 2.35. The molecule has 0 spiro atoms. The SMILES string of the molecule is NC1(C(=O)NCc2cccc(OCC(F)F)c2)CCOCC1. The first-order valence-electron chi connectivity index (χ1n) is 7.14. The molecule has 2 rings (SSSR count). The Hall–Kier alpha value is -1.73. The molecule has 1 fully saturated rings. The van der Waals surface area contributed by atoms with Crippen molar-refractivity contribution in [2.45, 2.75) is 31.4 Å². The molecule has 1 heterocycles. The highest BCUT2D eigenvalue weighted by molar-refractivity contribution is 5.86. The predicted molar refractivity (Wildman–Crippen MR) is 76.8 cm³/mol. The van der Waals surface area contributed by atoms with E-state index in [2.05, 4.69) is 5.32 Å². The zero-order chi connectivity index (χ0) is 16.0. The number of nitrogens with two attached hydrogens (primary N) is 1. The molecule has 1 aliphatic rings. The van der Waals surface area contributed by atoms with Gasteiger partial charge in [0.25, 0.3) is 6.43 Å². The van der Waals surface area contributed by atoms with Gasteiger partial charge in [0.05, 0.1) is 5.54 Å². The van der Waals surface area contributed by atoms with Crippen LogP contribution in [-0.2, 0) is 16.1 Å². The molecular weight excluding hydrogens is 294 g/mol. The fraction of sp³-hybridized carbons (Fsp3) is 0.533. The number of benzene rings is 1. The number of halogens is 2. The van der Waals surface area contributed by atoms with Gasteiger partial charge in [0, 0.05) is 19.8 Å². The van der Waals surface area contributed by atoms with Gasteiger partial charge < -0.3 is 20.5 Å². The molecule has 3 N–H and O–H groups in total. The third-order valence-electron chi connectivity index (χ3n) is 3.56. The van der Waals surface area contributed by atoms with Crippen molar-refractivity contribution in [1.82, 2.24) is 5.32 Å². The van der Waals surface area contributed by atoms with Crippen LogP contribution in [0.15, 0.2) is 24.3 Å². The fourth-order valence-electron chi connectivity index (χ4n) is 2.23. The van der Waals surface area contributed by atoms with Crippen LogP contribution in [0.2, 0.25) is 0 Å². The first kappa shape index (κ1) is 16.6. The molecule has 0 radical (unpaired) electrons.